The van der Waals surface area contributed by atoms with Crippen LogP contribution in [-0.4, -0.2) is 24.0 Å². The maximum absolute atomic E-state index is 13.4. The first kappa shape index (κ1) is 14.8. The van der Waals surface area contributed by atoms with Crippen molar-refractivity contribution in [2.24, 2.45) is 11.7 Å². The first-order valence-corrected chi connectivity index (χ1v) is 7.39. The van der Waals surface area contributed by atoms with Crippen molar-refractivity contribution in [3.05, 3.63) is 34.6 Å². The molecule has 1 aliphatic heterocycles. The molecule has 2 N–H and O–H groups in total. The molecule has 1 heterocycles. The van der Waals surface area contributed by atoms with Crippen molar-refractivity contribution >= 4 is 11.6 Å². The van der Waals surface area contributed by atoms with Gasteiger partial charge in [-0.05, 0) is 49.1 Å². The lowest BCUT2D eigenvalue weighted by Gasteiger charge is -2.39. The molecule has 0 bridgehead atoms. The summed E-state index contributed by atoms with van der Waals surface area (Å²) in [5.41, 5.74) is 6.81. The van der Waals surface area contributed by atoms with Crippen molar-refractivity contribution in [1.82, 2.24) is 4.90 Å². The number of benzene rings is 1. The Morgan fingerprint density at radius 1 is 1.42 bits per heavy atom. The highest BCUT2D eigenvalue weighted by Crippen LogP contribution is 2.26. The molecule has 0 radical (unpaired) electrons. The summed E-state index contributed by atoms with van der Waals surface area (Å²) in [5, 5.41) is 0.461. The van der Waals surface area contributed by atoms with Crippen LogP contribution < -0.4 is 5.73 Å². The van der Waals surface area contributed by atoms with Gasteiger partial charge in [0, 0.05) is 24.2 Å². The number of piperidine rings is 1. The summed E-state index contributed by atoms with van der Waals surface area (Å²) in [6.45, 7) is 4.67. The van der Waals surface area contributed by atoms with Crippen LogP contribution in [0.1, 0.15) is 31.7 Å². The van der Waals surface area contributed by atoms with E-state index in [1.165, 1.54) is 18.9 Å². The summed E-state index contributed by atoms with van der Waals surface area (Å²) in [6.07, 6.45) is 3.57. The quantitative estimate of drug-likeness (QED) is 0.918. The molecule has 1 aliphatic rings. The third-order valence-corrected chi connectivity index (χ3v) is 4.32. The Labute approximate surface area is 119 Å². The summed E-state index contributed by atoms with van der Waals surface area (Å²) < 4.78 is 13.4. The van der Waals surface area contributed by atoms with Gasteiger partial charge in [0.1, 0.15) is 5.82 Å². The number of likely N-dealkylation sites (tertiary alicyclic amines) is 1. The number of halogens is 2. The molecule has 1 fully saturated rings. The highest BCUT2D eigenvalue weighted by molar-refractivity contribution is 6.30. The molecular weight excluding hydrogens is 263 g/mol. The van der Waals surface area contributed by atoms with Gasteiger partial charge in [0.05, 0.1) is 0 Å². The zero-order valence-corrected chi connectivity index (χ0v) is 12.2. The number of nitrogens with two attached hydrogens (primary N) is 1. The van der Waals surface area contributed by atoms with Crippen LogP contribution in [0.15, 0.2) is 18.2 Å². The van der Waals surface area contributed by atoms with E-state index in [4.69, 9.17) is 17.3 Å². The van der Waals surface area contributed by atoms with E-state index in [2.05, 4.69) is 11.8 Å². The van der Waals surface area contributed by atoms with E-state index in [1.807, 2.05) is 6.07 Å². The smallest absolute Gasteiger partial charge is 0.125 e. The second-order valence-corrected chi connectivity index (χ2v) is 5.87. The Balaban J connectivity index is 2.05. The zero-order chi connectivity index (χ0) is 13.8. The van der Waals surface area contributed by atoms with E-state index < -0.39 is 0 Å². The molecule has 2 atom stereocenters. The van der Waals surface area contributed by atoms with Gasteiger partial charge < -0.3 is 5.73 Å². The van der Waals surface area contributed by atoms with Gasteiger partial charge in [-0.15, -0.1) is 0 Å². The van der Waals surface area contributed by atoms with Crippen molar-refractivity contribution in [2.45, 2.75) is 38.8 Å². The van der Waals surface area contributed by atoms with Crippen molar-refractivity contribution in [1.29, 1.82) is 0 Å². The molecule has 1 saturated heterocycles. The van der Waals surface area contributed by atoms with Crippen molar-refractivity contribution < 1.29 is 4.39 Å². The lowest BCUT2D eigenvalue weighted by Crippen LogP contribution is -2.46. The SMILES string of the molecule is CCC1CCN(Cc2cc(F)cc(Cl)c2)C(CN)C1. The van der Waals surface area contributed by atoms with Gasteiger partial charge in [0.25, 0.3) is 0 Å². The Kier molecular flexibility index (Phi) is 5.20. The molecular formula is C15H22ClFN2. The van der Waals surface area contributed by atoms with E-state index >= 15 is 0 Å². The van der Waals surface area contributed by atoms with E-state index in [-0.39, 0.29) is 5.82 Å². The summed E-state index contributed by atoms with van der Waals surface area (Å²) in [6, 6.07) is 5.14. The van der Waals surface area contributed by atoms with E-state index in [1.54, 1.807) is 6.07 Å². The number of hydrogen-bond acceptors (Lipinski definition) is 2. The molecule has 19 heavy (non-hydrogen) atoms. The average molecular weight is 285 g/mol. The molecule has 0 spiro atoms. The van der Waals surface area contributed by atoms with E-state index in [9.17, 15) is 4.39 Å². The minimum Gasteiger partial charge on any atom is -0.329 e. The largest absolute Gasteiger partial charge is 0.329 e. The Bertz CT molecular complexity index is 404. The first-order valence-electron chi connectivity index (χ1n) is 7.01. The fraction of sp³-hybridized carbons (Fsp3) is 0.600. The molecule has 106 valence electrons. The topological polar surface area (TPSA) is 29.3 Å². The van der Waals surface area contributed by atoms with Crippen molar-refractivity contribution in [2.75, 3.05) is 13.1 Å². The molecule has 4 heteroatoms. The summed E-state index contributed by atoms with van der Waals surface area (Å²) in [4.78, 5) is 2.36. The second-order valence-electron chi connectivity index (χ2n) is 5.44. The molecule has 1 aromatic rings. The molecule has 2 rings (SSSR count). The van der Waals surface area contributed by atoms with Crippen molar-refractivity contribution in [3.8, 4) is 0 Å². The predicted molar refractivity (Wildman–Crippen MR) is 77.7 cm³/mol. The third-order valence-electron chi connectivity index (χ3n) is 4.10. The van der Waals surface area contributed by atoms with Gasteiger partial charge >= 0.3 is 0 Å². The Morgan fingerprint density at radius 3 is 2.84 bits per heavy atom. The van der Waals surface area contributed by atoms with Crippen LogP contribution in [0, 0.1) is 11.7 Å². The van der Waals surface area contributed by atoms with Crippen LogP contribution in [0.4, 0.5) is 4.39 Å². The van der Waals surface area contributed by atoms with Crippen LogP contribution in [0.5, 0.6) is 0 Å². The Morgan fingerprint density at radius 2 is 2.21 bits per heavy atom. The van der Waals surface area contributed by atoms with Gasteiger partial charge in [-0.3, -0.25) is 4.90 Å². The zero-order valence-electron chi connectivity index (χ0n) is 11.4. The van der Waals surface area contributed by atoms with Gasteiger partial charge in [-0.1, -0.05) is 24.9 Å². The highest BCUT2D eigenvalue weighted by atomic mass is 35.5. The van der Waals surface area contributed by atoms with Crippen LogP contribution in [0.25, 0.3) is 0 Å². The maximum Gasteiger partial charge on any atom is 0.125 e. The fourth-order valence-corrected chi connectivity index (χ4v) is 3.19. The maximum atomic E-state index is 13.4. The molecule has 0 saturated carbocycles. The summed E-state index contributed by atoms with van der Waals surface area (Å²) >= 11 is 5.90. The number of hydrogen-bond donors (Lipinski definition) is 1. The van der Waals surface area contributed by atoms with Gasteiger partial charge in [0.15, 0.2) is 0 Å². The molecule has 0 aliphatic carbocycles. The minimum absolute atomic E-state index is 0.268. The molecule has 2 unspecified atom stereocenters. The van der Waals surface area contributed by atoms with E-state index in [0.717, 1.165) is 31.0 Å². The lowest BCUT2D eigenvalue weighted by molar-refractivity contribution is 0.107. The molecule has 0 amide bonds. The van der Waals surface area contributed by atoms with Crippen molar-refractivity contribution in [3.63, 3.8) is 0 Å². The fourth-order valence-electron chi connectivity index (χ4n) is 2.94. The van der Waals surface area contributed by atoms with Crippen LogP contribution in [0.3, 0.4) is 0 Å². The van der Waals surface area contributed by atoms with Crippen LogP contribution in [-0.2, 0) is 6.54 Å². The first-order chi connectivity index (χ1) is 9.12. The Hall–Kier alpha value is -0.640. The monoisotopic (exact) mass is 284 g/mol. The van der Waals surface area contributed by atoms with Gasteiger partial charge in [0.2, 0.25) is 0 Å². The molecule has 1 aromatic carbocycles. The summed E-state index contributed by atoms with van der Waals surface area (Å²) in [5.74, 6) is 0.510. The molecule has 2 nitrogen and oxygen atoms in total. The average Bonchev–Trinajstić information content (AvgIpc) is 2.38. The standard InChI is InChI=1S/C15H22ClFN2/c1-2-11-3-4-19(15(7-11)9-18)10-12-5-13(16)8-14(17)6-12/h5-6,8,11,15H,2-4,7,9-10,18H2,1H3. The lowest BCUT2D eigenvalue weighted by atomic mass is 9.88. The molecule has 0 aromatic heterocycles. The van der Waals surface area contributed by atoms with E-state index in [0.29, 0.717) is 17.6 Å². The van der Waals surface area contributed by atoms with Crippen LogP contribution >= 0.6 is 11.6 Å². The van der Waals surface area contributed by atoms with Gasteiger partial charge in [-0.25, -0.2) is 4.39 Å². The third kappa shape index (κ3) is 3.91. The highest BCUT2D eigenvalue weighted by Gasteiger charge is 2.26. The number of nitrogens with zero attached hydrogens (tertiary/aromatic N) is 1. The summed E-state index contributed by atoms with van der Waals surface area (Å²) in [7, 11) is 0. The normalized spacial score (nSPS) is 24.6. The van der Waals surface area contributed by atoms with Gasteiger partial charge in [-0.2, -0.15) is 0 Å². The predicted octanol–water partition coefficient (Wildman–Crippen LogP) is 3.43. The number of rotatable bonds is 4. The minimum atomic E-state index is -0.268. The van der Waals surface area contributed by atoms with Crippen LogP contribution in [0.2, 0.25) is 5.02 Å². The second kappa shape index (κ2) is 6.69.